The molecule has 2 aromatic rings. The molecule has 1 heterocycles. The van der Waals surface area contributed by atoms with Crippen LogP contribution in [-0.2, 0) is 10.0 Å². The Kier molecular flexibility index (Phi) is 6.81. The zero-order valence-corrected chi connectivity index (χ0v) is 18.6. The van der Waals surface area contributed by atoms with Gasteiger partial charge in [-0.15, -0.1) is 0 Å². The number of hydrogen-bond donors (Lipinski definition) is 1. The fraction of sp³-hybridized carbons (Fsp3) is 0.455. The maximum Gasteiger partial charge on any atom is 0.247 e. The smallest absolute Gasteiger partial charge is 0.247 e. The van der Waals surface area contributed by atoms with Crippen molar-refractivity contribution in [1.29, 1.82) is 0 Å². The summed E-state index contributed by atoms with van der Waals surface area (Å²) in [5.74, 6) is -0.234. The SMILES string of the molecule is C[C@H]1CN([C@@H](C)CO)S(=O)(=O)c2ccc(-c3cccc(F)c3)cc2O[C@@H]1CN(C)C. The number of sulfonamides is 1. The van der Waals surface area contributed by atoms with Crippen molar-refractivity contribution in [3.05, 3.63) is 48.3 Å². The highest BCUT2D eigenvalue weighted by atomic mass is 32.2. The van der Waals surface area contributed by atoms with Crippen LogP contribution >= 0.6 is 0 Å². The Labute approximate surface area is 177 Å². The Morgan fingerprint density at radius 1 is 1.23 bits per heavy atom. The molecule has 30 heavy (non-hydrogen) atoms. The van der Waals surface area contributed by atoms with E-state index in [-0.39, 0.29) is 41.6 Å². The van der Waals surface area contributed by atoms with Crippen molar-refractivity contribution in [2.24, 2.45) is 5.92 Å². The number of hydrogen-bond acceptors (Lipinski definition) is 5. The van der Waals surface area contributed by atoms with Crippen LogP contribution in [0.3, 0.4) is 0 Å². The summed E-state index contributed by atoms with van der Waals surface area (Å²) in [5.41, 5.74) is 1.31. The number of fused-ring (bicyclic) bond motifs is 1. The minimum absolute atomic E-state index is 0.0543. The van der Waals surface area contributed by atoms with E-state index < -0.39 is 16.1 Å². The van der Waals surface area contributed by atoms with Crippen molar-refractivity contribution in [3.63, 3.8) is 0 Å². The molecule has 0 radical (unpaired) electrons. The van der Waals surface area contributed by atoms with Gasteiger partial charge in [0.25, 0.3) is 0 Å². The van der Waals surface area contributed by atoms with Gasteiger partial charge in [-0.1, -0.05) is 25.1 Å². The molecule has 2 aromatic carbocycles. The lowest BCUT2D eigenvalue weighted by Gasteiger charge is -2.37. The highest BCUT2D eigenvalue weighted by Crippen LogP contribution is 2.36. The van der Waals surface area contributed by atoms with Gasteiger partial charge in [0, 0.05) is 25.0 Å². The molecule has 0 spiro atoms. The topological polar surface area (TPSA) is 70.1 Å². The van der Waals surface area contributed by atoms with Crippen molar-refractivity contribution in [3.8, 4) is 16.9 Å². The largest absolute Gasteiger partial charge is 0.487 e. The van der Waals surface area contributed by atoms with Crippen LogP contribution in [0.4, 0.5) is 4.39 Å². The van der Waals surface area contributed by atoms with Crippen LogP contribution < -0.4 is 4.74 Å². The molecule has 8 heteroatoms. The van der Waals surface area contributed by atoms with Gasteiger partial charge in [-0.25, -0.2) is 12.8 Å². The van der Waals surface area contributed by atoms with Crippen LogP contribution in [0.5, 0.6) is 5.75 Å². The van der Waals surface area contributed by atoms with Gasteiger partial charge in [0.15, 0.2) is 0 Å². The number of nitrogens with zero attached hydrogens (tertiary/aromatic N) is 2. The maximum atomic E-state index is 13.7. The first-order chi connectivity index (χ1) is 14.1. The van der Waals surface area contributed by atoms with Gasteiger partial charge in [0.2, 0.25) is 10.0 Å². The van der Waals surface area contributed by atoms with Crippen molar-refractivity contribution < 1.29 is 22.7 Å². The van der Waals surface area contributed by atoms with E-state index >= 15 is 0 Å². The third kappa shape index (κ3) is 4.67. The molecule has 1 aliphatic rings. The zero-order chi connectivity index (χ0) is 22.1. The second-order valence-electron chi connectivity index (χ2n) is 8.17. The maximum absolute atomic E-state index is 13.7. The van der Waals surface area contributed by atoms with Crippen molar-refractivity contribution in [2.75, 3.05) is 33.8 Å². The molecular formula is C22H29FN2O4S. The van der Waals surface area contributed by atoms with Crippen LogP contribution in [0, 0.1) is 11.7 Å². The Morgan fingerprint density at radius 3 is 2.57 bits per heavy atom. The summed E-state index contributed by atoms with van der Waals surface area (Å²) in [4.78, 5) is 2.05. The molecule has 6 nitrogen and oxygen atoms in total. The lowest BCUT2D eigenvalue weighted by Crippen LogP contribution is -2.49. The van der Waals surface area contributed by atoms with Gasteiger partial charge in [-0.05, 0) is 56.4 Å². The van der Waals surface area contributed by atoms with Crippen molar-refractivity contribution in [2.45, 2.75) is 30.9 Å². The highest BCUT2D eigenvalue weighted by molar-refractivity contribution is 7.89. The van der Waals surface area contributed by atoms with E-state index in [0.717, 1.165) is 0 Å². The van der Waals surface area contributed by atoms with Crippen LogP contribution in [0.1, 0.15) is 13.8 Å². The number of aliphatic hydroxyl groups is 1. The molecule has 0 saturated carbocycles. The Balaban J connectivity index is 2.15. The summed E-state index contributed by atoms with van der Waals surface area (Å²) in [6.07, 6.45) is -0.259. The first-order valence-electron chi connectivity index (χ1n) is 9.97. The second-order valence-corrected chi connectivity index (χ2v) is 10.0. The van der Waals surface area contributed by atoms with E-state index in [1.54, 1.807) is 31.2 Å². The van der Waals surface area contributed by atoms with Gasteiger partial charge >= 0.3 is 0 Å². The Morgan fingerprint density at radius 2 is 1.93 bits per heavy atom. The van der Waals surface area contributed by atoms with E-state index in [1.807, 2.05) is 25.9 Å². The molecule has 1 aliphatic heterocycles. The van der Waals surface area contributed by atoms with E-state index in [1.165, 1.54) is 22.5 Å². The number of aliphatic hydroxyl groups excluding tert-OH is 1. The minimum atomic E-state index is -3.89. The number of likely N-dealkylation sites (N-methyl/N-ethyl adjacent to an activating group) is 1. The van der Waals surface area contributed by atoms with E-state index in [4.69, 9.17) is 4.74 Å². The molecule has 1 N–H and O–H groups in total. The fourth-order valence-electron chi connectivity index (χ4n) is 3.65. The van der Waals surface area contributed by atoms with Crippen LogP contribution in [0.15, 0.2) is 47.4 Å². The molecule has 3 rings (SSSR count). The Bertz CT molecular complexity index is 996. The summed E-state index contributed by atoms with van der Waals surface area (Å²) >= 11 is 0. The van der Waals surface area contributed by atoms with Crippen LogP contribution in [0.2, 0.25) is 0 Å². The summed E-state index contributed by atoms with van der Waals surface area (Å²) < 4.78 is 48.1. The summed E-state index contributed by atoms with van der Waals surface area (Å²) in [6.45, 7) is 4.21. The molecular weight excluding hydrogens is 407 g/mol. The first kappa shape index (κ1) is 22.7. The highest BCUT2D eigenvalue weighted by Gasteiger charge is 2.37. The van der Waals surface area contributed by atoms with E-state index in [9.17, 15) is 17.9 Å². The van der Waals surface area contributed by atoms with Crippen LogP contribution in [0.25, 0.3) is 11.1 Å². The zero-order valence-electron chi connectivity index (χ0n) is 17.7. The van der Waals surface area contributed by atoms with Crippen molar-refractivity contribution in [1.82, 2.24) is 9.21 Å². The number of halogens is 1. The van der Waals surface area contributed by atoms with Crippen LogP contribution in [-0.4, -0.2) is 68.7 Å². The predicted octanol–water partition coefficient (Wildman–Crippen LogP) is 2.82. The molecule has 0 saturated heterocycles. The summed E-state index contributed by atoms with van der Waals surface area (Å²) in [5, 5.41) is 9.66. The molecule has 0 amide bonds. The van der Waals surface area contributed by atoms with E-state index in [0.29, 0.717) is 17.7 Å². The molecule has 0 fully saturated rings. The van der Waals surface area contributed by atoms with E-state index in [2.05, 4.69) is 0 Å². The monoisotopic (exact) mass is 436 g/mol. The molecule has 0 aromatic heterocycles. The first-order valence-corrected chi connectivity index (χ1v) is 11.4. The molecule has 164 valence electrons. The Hall–Kier alpha value is -2.00. The average molecular weight is 437 g/mol. The third-order valence-corrected chi connectivity index (χ3v) is 7.39. The van der Waals surface area contributed by atoms with Gasteiger partial charge in [-0.3, -0.25) is 0 Å². The third-order valence-electron chi connectivity index (χ3n) is 5.37. The molecule has 0 unspecified atom stereocenters. The average Bonchev–Trinajstić information content (AvgIpc) is 2.69. The summed E-state index contributed by atoms with van der Waals surface area (Å²) in [7, 11) is -0.0166. The standard InChI is InChI=1S/C22H29FN2O4S/c1-15-12-25(16(2)14-26)30(27,28)22-9-8-18(17-6-5-7-19(23)10-17)11-20(22)29-21(15)13-24(3)4/h5-11,15-16,21,26H,12-14H2,1-4H3/t15-,16-,21+/m0/s1. The fourth-order valence-corrected chi connectivity index (χ4v) is 5.48. The number of rotatable bonds is 5. The van der Waals surface area contributed by atoms with Gasteiger partial charge in [-0.2, -0.15) is 4.31 Å². The van der Waals surface area contributed by atoms with Crippen molar-refractivity contribution >= 4 is 10.0 Å². The lowest BCUT2D eigenvalue weighted by molar-refractivity contribution is 0.0813. The second kappa shape index (κ2) is 9.01. The van der Waals surface area contributed by atoms with Gasteiger partial charge in [0.1, 0.15) is 22.6 Å². The normalized spacial score (nSPS) is 22.6. The molecule has 3 atom stereocenters. The number of benzene rings is 2. The van der Waals surface area contributed by atoms with Gasteiger partial charge in [0.05, 0.1) is 6.61 Å². The lowest BCUT2D eigenvalue weighted by atomic mass is 10.0. The molecule has 0 aliphatic carbocycles. The number of ether oxygens (including phenoxy) is 1. The molecule has 0 bridgehead atoms. The quantitative estimate of drug-likeness (QED) is 0.781. The van der Waals surface area contributed by atoms with Gasteiger partial charge < -0.3 is 14.7 Å². The minimum Gasteiger partial charge on any atom is -0.487 e. The summed E-state index contributed by atoms with van der Waals surface area (Å²) in [6, 6.07) is 10.4. The predicted molar refractivity (Wildman–Crippen MR) is 114 cm³/mol.